The molecule has 47 heavy (non-hydrogen) atoms. The molecule has 0 amide bonds. The number of nitrogens with one attached hydrogen (secondary N) is 2. The topological polar surface area (TPSA) is 112 Å². The summed E-state index contributed by atoms with van der Waals surface area (Å²) in [4.78, 5) is 27.3. The maximum absolute atomic E-state index is 13.7. The highest BCUT2D eigenvalue weighted by Crippen LogP contribution is 2.38. The number of aromatic nitrogens is 4. The number of nitrogens with zero attached hydrogens (tertiary/aromatic N) is 4. The first-order valence-electron chi connectivity index (χ1n) is 18.1. The fourth-order valence-corrected chi connectivity index (χ4v) is 8.58. The van der Waals surface area contributed by atoms with Crippen LogP contribution < -0.4 is 27.6 Å². The van der Waals surface area contributed by atoms with Crippen LogP contribution in [-0.4, -0.2) is 30.5 Å². The van der Waals surface area contributed by atoms with Crippen LogP contribution in [0.2, 0.25) is 0 Å². The van der Waals surface area contributed by atoms with Crippen molar-refractivity contribution in [2.24, 2.45) is 12.8 Å². The van der Waals surface area contributed by atoms with Crippen LogP contribution in [0, 0.1) is 0 Å². The van der Waals surface area contributed by atoms with Gasteiger partial charge in [-0.05, 0) is 74.6 Å². The first kappa shape index (κ1) is 31.9. The van der Waals surface area contributed by atoms with Crippen LogP contribution in [0.4, 0.5) is 11.5 Å². The largest absolute Gasteiger partial charge is 0.340 e. The average Bonchev–Trinajstić information content (AvgIpc) is 3.67. The summed E-state index contributed by atoms with van der Waals surface area (Å²) in [5.74, 6) is 0.586. The van der Waals surface area contributed by atoms with Gasteiger partial charge in [-0.3, -0.25) is 13.9 Å². The average molecular weight is 638 g/mol. The molecule has 2 aromatic carbocycles. The zero-order chi connectivity index (χ0) is 32.4. The van der Waals surface area contributed by atoms with Gasteiger partial charge >= 0.3 is 5.69 Å². The Morgan fingerprint density at radius 3 is 2.21 bits per heavy atom. The van der Waals surface area contributed by atoms with E-state index in [-0.39, 0.29) is 28.9 Å². The number of benzene rings is 2. The number of para-hydroxylation sites is 1. The highest BCUT2D eigenvalue weighted by Gasteiger charge is 2.35. The molecule has 2 aliphatic carbocycles. The van der Waals surface area contributed by atoms with E-state index in [1.165, 1.54) is 87.2 Å². The minimum absolute atomic E-state index is 0.152. The molecule has 9 heteroatoms. The third-order valence-corrected chi connectivity index (χ3v) is 11.2. The summed E-state index contributed by atoms with van der Waals surface area (Å²) in [6, 6.07) is 18.8. The predicted molar refractivity (Wildman–Crippen MR) is 189 cm³/mol. The maximum Gasteiger partial charge on any atom is 0.332 e. The van der Waals surface area contributed by atoms with Gasteiger partial charge in [-0.25, -0.2) is 9.48 Å². The molecule has 3 fully saturated rings. The van der Waals surface area contributed by atoms with E-state index >= 15 is 0 Å². The molecule has 250 valence electrons. The fourth-order valence-electron chi connectivity index (χ4n) is 8.58. The van der Waals surface area contributed by atoms with Crippen LogP contribution >= 0.6 is 0 Å². The van der Waals surface area contributed by atoms with Crippen LogP contribution in [0.15, 0.2) is 64.2 Å². The van der Waals surface area contributed by atoms with Crippen molar-refractivity contribution in [1.82, 2.24) is 24.2 Å². The molecule has 0 bridgehead atoms. The van der Waals surface area contributed by atoms with E-state index in [0.717, 1.165) is 30.5 Å². The van der Waals surface area contributed by atoms with Gasteiger partial charge in [0, 0.05) is 30.4 Å². The molecular formula is C38H51N7O2. The van der Waals surface area contributed by atoms with Gasteiger partial charge < -0.3 is 16.4 Å². The third kappa shape index (κ3) is 6.57. The van der Waals surface area contributed by atoms with Crippen molar-refractivity contribution in [3.63, 3.8) is 0 Å². The molecule has 3 heterocycles. The van der Waals surface area contributed by atoms with E-state index < -0.39 is 0 Å². The molecule has 0 radical (unpaired) electrons. The van der Waals surface area contributed by atoms with E-state index in [9.17, 15) is 9.59 Å². The van der Waals surface area contributed by atoms with Crippen molar-refractivity contribution in [1.29, 1.82) is 0 Å². The number of rotatable bonds is 6. The Bertz CT molecular complexity index is 1780. The lowest BCUT2D eigenvalue weighted by Gasteiger charge is -2.44. The minimum atomic E-state index is -0.363. The van der Waals surface area contributed by atoms with Gasteiger partial charge in [0.15, 0.2) is 5.65 Å². The van der Waals surface area contributed by atoms with E-state index in [2.05, 4.69) is 34.9 Å². The van der Waals surface area contributed by atoms with E-state index in [1.807, 2.05) is 35.0 Å². The fraction of sp³-hybridized carbons (Fsp3) is 0.553. The van der Waals surface area contributed by atoms with Crippen molar-refractivity contribution in [3.8, 4) is 0 Å². The van der Waals surface area contributed by atoms with Crippen molar-refractivity contribution in [2.75, 3.05) is 5.32 Å². The van der Waals surface area contributed by atoms with Crippen LogP contribution in [0.5, 0.6) is 0 Å². The Morgan fingerprint density at radius 2 is 1.53 bits per heavy atom. The second-order valence-electron chi connectivity index (χ2n) is 14.5. The third-order valence-electron chi connectivity index (χ3n) is 11.2. The molecule has 9 nitrogen and oxygen atoms in total. The first-order valence-corrected chi connectivity index (χ1v) is 18.1. The van der Waals surface area contributed by atoms with Crippen LogP contribution in [0.25, 0.3) is 11.0 Å². The number of nitrogens with two attached hydrogens (primary N) is 1. The lowest BCUT2D eigenvalue weighted by molar-refractivity contribution is 0.168. The standard InChI is InChI=1S/C38H51N7O2/c1-43-36(46)33-34(40-29-14-8-7-9-15-29)44(42-35(33)45(37(43)47)32-18-12-16-30(32)39)26-27-19-21-28(22-20-27)31-17-13-25-38(41-31)23-10-5-3-2-4-6-11-24-38/h7-9,14-15,19-22,30-32,40-41H,2-6,10-13,16-18,23-26,39H2,1H3. The molecular weight excluding hydrogens is 586 g/mol. The van der Waals surface area contributed by atoms with E-state index in [1.54, 1.807) is 11.6 Å². The van der Waals surface area contributed by atoms with E-state index in [0.29, 0.717) is 29.4 Å². The Labute approximate surface area is 277 Å². The summed E-state index contributed by atoms with van der Waals surface area (Å²) < 4.78 is 4.72. The molecule has 1 spiro atoms. The zero-order valence-electron chi connectivity index (χ0n) is 27.9. The lowest BCUT2D eigenvalue weighted by Crippen LogP contribution is -2.50. The van der Waals surface area contributed by atoms with Gasteiger partial charge in [-0.15, -0.1) is 0 Å². The number of fused-ring (bicyclic) bond motifs is 1. The second kappa shape index (κ2) is 13.8. The summed E-state index contributed by atoms with van der Waals surface area (Å²) in [5, 5.41) is 13.0. The predicted octanol–water partition coefficient (Wildman–Crippen LogP) is 6.82. The summed E-state index contributed by atoms with van der Waals surface area (Å²) in [6.07, 6.45) is 18.5. The van der Waals surface area contributed by atoms with E-state index in [4.69, 9.17) is 10.8 Å². The van der Waals surface area contributed by atoms with Gasteiger partial charge in [-0.2, -0.15) is 5.10 Å². The van der Waals surface area contributed by atoms with Crippen LogP contribution in [0.3, 0.4) is 0 Å². The number of piperidine rings is 1. The summed E-state index contributed by atoms with van der Waals surface area (Å²) in [6.45, 7) is 0.459. The summed E-state index contributed by atoms with van der Waals surface area (Å²) in [7, 11) is 1.55. The number of anilines is 2. The Morgan fingerprint density at radius 1 is 0.851 bits per heavy atom. The molecule has 2 aromatic heterocycles. The first-order chi connectivity index (χ1) is 22.9. The molecule has 1 saturated heterocycles. The lowest BCUT2D eigenvalue weighted by atomic mass is 9.76. The van der Waals surface area contributed by atoms with Crippen molar-refractivity contribution in [3.05, 3.63) is 86.6 Å². The van der Waals surface area contributed by atoms with Gasteiger partial charge in [0.05, 0.1) is 12.6 Å². The maximum atomic E-state index is 13.7. The monoisotopic (exact) mass is 637 g/mol. The van der Waals surface area contributed by atoms with Gasteiger partial charge in [0.1, 0.15) is 11.2 Å². The quantitative estimate of drug-likeness (QED) is 0.214. The minimum Gasteiger partial charge on any atom is -0.340 e. The number of hydrogen-bond acceptors (Lipinski definition) is 6. The second-order valence-corrected chi connectivity index (χ2v) is 14.5. The Balaban J connectivity index is 1.20. The Kier molecular flexibility index (Phi) is 9.37. The molecule has 3 unspecified atom stereocenters. The van der Waals surface area contributed by atoms with Crippen molar-refractivity contribution in [2.45, 2.75) is 127 Å². The van der Waals surface area contributed by atoms with Gasteiger partial charge in [0.25, 0.3) is 5.56 Å². The van der Waals surface area contributed by atoms with Crippen LogP contribution in [0.1, 0.15) is 120 Å². The zero-order valence-corrected chi connectivity index (χ0v) is 27.9. The molecule has 4 aromatic rings. The number of hydrogen-bond donors (Lipinski definition) is 3. The SMILES string of the molecule is Cn1c(=O)c2c(Nc3ccccc3)n(Cc3ccc(C4CCCC5(CCCCCCCCC5)N4)cc3)nc2n(C2CCCC2N)c1=O. The van der Waals surface area contributed by atoms with Gasteiger partial charge in [-0.1, -0.05) is 87.4 Å². The Hall–Kier alpha value is -3.69. The summed E-state index contributed by atoms with van der Waals surface area (Å²) >= 11 is 0. The molecule has 3 aliphatic rings. The van der Waals surface area contributed by atoms with Crippen LogP contribution in [-0.2, 0) is 13.6 Å². The van der Waals surface area contributed by atoms with Crippen molar-refractivity contribution >= 4 is 22.5 Å². The normalized spacial score (nSPS) is 23.7. The summed E-state index contributed by atoms with van der Waals surface area (Å²) in [5.41, 5.74) is 9.73. The molecule has 2 saturated carbocycles. The van der Waals surface area contributed by atoms with Crippen molar-refractivity contribution < 1.29 is 0 Å². The highest BCUT2D eigenvalue weighted by atomic mass is 16.2. The van der Waals surface area contributed by atoms with Gasteiger partial charge in [0.2, 0.25) is 0 Å². The molecule has 1 aliphatic heterocycles. The highest BCUT2D eigenvalue weighted by molar-refractivity contribution is 5.89. The smallest absolute Gasteiger partial charge is 0.332 e. The molecule has 7 rings (SSSR count). The molecule has 4 N–H and O–H groups in total. The molecule has 3 atom stereocenters.